The maximum Gasteiger partial charge on any atom is 0.287 e. The van der Waals surface area contributed by atoms with E-state index in [1.165, 1.54) is 23.5 Å². The molecule has 0 bridgehead atoms. The van der Waals surface area contributed by atoms with Crippen LogP contribution in [0.15, 0.2) is 48.7 Å². The number of hydrogen-bond donors (Lipinski definition) is 2. The number of hydrogen-bond acceptors (Lipinski definition) is 7. The SMILES string of the molecule is CC.CON(C)C(=O)c1ccc(-c2ccnc(Nc3cccc(C(C)O)c3)n2)s1. The molecule has 0 aliphatic rings. The molecule has 0 fully saturated rings. The summed E-state index contributed by atoms with van der Waals surface area (Å²) in [5.41, 5.74) is 2.30. The highest BCUT2D eigenvalue weighted by molar-refractivity contribution is 7.17. The van der Waals surface area contributed by atoms with Gasteiger partial charge in [0, 0.05) is 18.9 Å². The van der Waals surface area contributed by atoms with Gasteiger partial charge in [0.15, 0.2) is 0 Å². The minimum absolute atomic E-state index is 0.212. The predicted octanol–water partition coefficient (Wildman–Crippen LogP) is 4.66. The molecule has 2 N–H and O–H groups in total. The number of hydroxylamine groups is 2. The zero-order valence-electron chi connectivity index (χ0n) is 17.2. The summed E-state index contributed by atoms with van der Waals surface area (Å²) in [6.07, 6.45) is 1.11. The molecular formula is C21H26N4O3S. The summed E-state index contributed by atoms with van der Waals surface area (Å²) < 4.78 is 0. The normalized spacial score (nSPS) is 11.2. The van der Waals surface area contributed by atoms with Crippen LogP contribution in [-0.4, -0.2) is 40.2 Å². The molecule has 8 heteroatoms. The quantitative estimate of drug-likeness (QED) is 0.570. The summed E-state index contributed by atoms with van der Waals surface area (Å²) in [5.74, 6) is 0.224. The highest BCUT2D eigenvalue weighted by atomic mass is 32.1. The summed E-state index contributed by atoms with van der Waals surface area (Å²) in [4.78, 5) is 27.3. The van der Waals surface area contributed by atoms with E-state index in [9.17, 15) is 9.90 Å². The minimum Gasteiger partial charge on any atom is -0.389 e. The Kier molecular flexibility index (Phi) is 8.26. The average molecular weight is 415 g/mol. The summed E-state index contributed by atoms with van der Waals surface area (Å²) in [7, 11) is 3.01. The first kappa shape index (κ1) is 22.5. The van der Waals surface area contributed by atoms with Crippen LogP contribution in [0.1, 0.15) is 42.1 Å². The van der Waals surface area contributed by atoms with Crippen LogP contribution >= 0.6 is 11.3 Å². The number of benzene rings is 1. The lowest BCUT2D eigenvalue weighted by atomic mass is 10.1. The number of amides is 1. The molecule has 2 aromatic heterocycles. The van der Waals surface area contributed by atoms with E-state index in [1.54, 1.807) is 32.3 Å². The highest BCUT2D eigenvalue weighted by Gasteiger charge is 2.15. The number of carbonyl (C=O) groups excluding carboxylic acids is 1. The zero-order valence-corrected chi connectivity index (χ0v) is 18.0. The fourth-order valence-electron chi connectivity index (χ4n) is 2.39. The zero-order chi connectivity index (χ0) is 21.4. The lowest BCUT2D eigenvalue weighted by molar-refractivity contribution is -0.0753. The third-order valence-corrected chi connectivity index (χ3v) is 5.01. The van der Waals surface area contributed by atoms with Crippen LogP contribution < -0.4 is 5.32 Å². The Morgan fingerprint density at radius 2 is 2.00 bits per heavy atom. The lowest BCUT2D eigenvalue weighted by Crippen LogP contribution is -2.24. The van der Waals surface area contributed by atoms with Crippen molar-refractivity contribution in [3.8, 4) is 10.6 Å². The van der Waals surface area contributed by atoms with Crippen LogP contribution in [0.4, 0.5) is 11.6 Å². The number of aromatic nitrogens is 2. The molecule has 3 rings (SSSR count). The molecule has 1 atom stereocenters. The molecule has 1 amide bonds. The summed E-state index contributed by atoms with van der Waals surface area (Å²) in [6, 6.07) is 12.8. The van der Waals surface area contributed by atoms with E-state index in [2.05, 4.69) is 15.3 Å². The summed E-state index contributed by atoms with van der Waals surface area (Å²) in [5, 5.41) is 14.0. The molecule has 3 aromatic rings. The van der Waals surface area contributed by atoms with Crippen molar-refractivity contribution in [3.63, 3.8) is 0 Å². The van der Waals surface area contributed by atoms with Gasteiger partial charge >= 0.3 is 0 Å². The number of nitrogens with zero attached hydrogens (tertiary/aromatic N) is 3. The Morgan fingerprint density at radius 3 is 2.69 bits per heavy atom. The van der Waals surface area contributed by atoms with Crippen molar-refractivity contribution >= 4 is 28.9 Å². The van der Waals surface area contributed by atoms with Gasteiger partial charge in [-0.05, 0) is 42.8 Å². The molecule has 7 nitrogen and oxygen atoms in total. The molecule has 0 aliphatic heterocycles. The first-order valence-corrected chi connectivity index (χ1v) is 10.1. The highest BCUT2D eigenvalue weighted by Crippen LogP contribution is 2.28. The third kappa shape index (κ3) is 5.83. The summed E-state index contributed by atoms with van der Waals surface area (Å²) in [6.45, 7) is 5.72. The van der Waals surface area contributed by atoms with E-state index in [0.29, 0.717) is 16.5 Å². The van der Waals surface area contributed by atoms with Crippen molar-refractivity contribution in [2.75, 3.05) is 19.5 Å². The second-order valence-corrected chi connectivity index (χ2v) is 6.92. The number of anilines is 2. The standard InChI is InChI=1S/C19H20N4O3S.C2H6/c1-12(24)13-5-4-6-14(11-13)21-19-20-10-9-15(22-19)16-7-8-17(27-16)18(25)23(2)26-3;1-2/h4-12,24H,1-3H3,(H,20,21,22);1-2H3. The summed E-state index contributed by atoms with van der Waals surface area (Å²) >= 11 is 1.34. The lowest BCUT2D eigenvalue weighted by Gasteiger charge is -2.11. The van der Waals surface area contributed by atoms with Crippen LogP contribution in [0.25, 0.3) is 10.6 Å². The van der Waals surface area contributed by atoms with Crippen LogP contribution in [-0.2, 0) is 4.84 Å². The van der Waals surface area contributed by atoms with Gasteiger partial charge in [0.25, 0.3) is 5.91 Å². The van der Waals surface area contributed by atoms with Gasteiger partial charge in [0.1, 0.15) is 0 Å². The number of aliphatic hydroxyl groups is 1. The Labute approximate surface area is 175 Å². The fraction of sp³-hybridized carbons (Fsp3) is 0.286. The fourth-order valence-corrected chi connectivity index (χ4v) is 3.33. The minimum atomic E-state index is -0.550. The second kappa shape index (κ2) is 10.7. The van der Waals surface area contributed by atoms with Gasteiger partial charge in [0.05, 0.1) is 28.7 Å². The molecule has 0 radical (unpaired) electrons. The first-order chi connectivity index (χ1) is 14.0. The smallest absolute Gasteiger partial charge is 0.287 e. The Morgan fingerprint density at radius 1 is 1.24 bits per heavy atom. The number of rotatable bonds is 6. The number of thiophene rings is 1. The van der Waals surface area contributed by atoms with Gasteiger partial charge in [-0.1, -0.05) is 26.0 Å². The Hall–Kier alpha value is -2.81. The van der Waals surface area contributed by atoms with Crippen molar-refractivity contribution in [2.24, 2.45) is 0 Å². The van der Waals surface area contributed by atoms with Gasteiger partial charge in [-0.3, -0.25) is 9.63 Å². The van der Waals surface area contributed by atoms with Gasteiger partial charge in [-0.2, -0.15) is 0 Å². The second-order valence-electron chi connectivity index (χ2n) is 5.84. The average Bonchev–Trinajstić information content (AvgIpc) is 3.25. The molecule has 0 spiro atoms. The predicted molar refractivity (Wildman–Crippen MR) is 116 cm³/mol. The number of carbonyl (C=O) groups is 1. The van der Waals surface area contributed by atoms with E-state index in [1.807, 2.05) is 44.2 Å². The molecule has 0 aliphatic carbocycles. The molecular weight excluding hydrogens is 388 g/mol. The van der Waals surface area contributed by atoms with Crippen molar-refractivity contribution in [1.29, 1.82) is 0 Å². The van der Waals surface area contributed by atoms with E-state index in [0.717, 1.165) is 16.1 Å². The molecule has 154 valence electrons. The largest absolute Gasteiger partial charge is 0.389 e. The number of nitrogens with one attached hydrogen (secondary N) is 1. The van der Waals surface area contributed by atoms with E-state index in [-0.39, 0.29) is 5.91 Å². The van der Waals surface area contributed by atoms with Gasteiger partial charge in [0.2, 0.25) is 5.95 Å². The van der Waals surface area contributed by atoms with E-state index in [4.69, 9.17) is 4.84 Å². The van der Waals surface area contributed by atoms with Crippen LogP contribution in [0.3, 0.4) is 0 Å². The first-order valence-electron chi connectivity index (χ1n) is 9.28. The monoisotopic (exact) mass is 414 g/mol. The molecule has 2 heterocycles. The van der Waals surface area contributed by atoms with Crippen LogP contribution in [0, 0.1) is 0 Å². The van der Waals surface area contributed by atoms with Crippen molar-refractivity contribution in [2.45, 2.75) is 26.9 Å². The van der Waals surface area contributed by atoms with Crippen molar-refractivity contribution < 1.29 is 14.7 Å². The maximum atomic E-state index is 12.2. The topological polar surface area (TPSA) is 87.6 Å². The van der Waals surface area contributed by atoms with Gasteiger partial charge in [-0.15, -0.1) is 11.3 Å². The van der Waals surface area contributed by atoms with Gasteiger partial charge in [-0.25, -0.2) is 15.0 Å². The molecule has 0 saturated heterocycles. The maximum absolute atomic E-state index is 12.2. The molecule has 1 aromatic carbocycles. The Bertz CT molecular complexity index is 943. The van der Waals surface area contributed by atoms with Crippen LogP contribution in [0.5, 0.6) is 0 Å². The molecule has 29 heavy (non-hydrogen) atoms. The van der Waals surface area contributed by atoms with Crippen LogP contribution in [0.2, 0.25) is 0 Å². The van der Waals surface area contributed by atoms with E-state index >= 15 is 0 Å². The van der Waals surface area contributed by atoms with E-state index < -0.39 is 6.10 Å². The molecule has 0 saturated carbocycles. The van der Waals surface area contributed by atoms with Gasteiger partial charge < -0.3 is 10.4 Å². The molecule has 1 unspecified atom stereocenters. The number of aliphatic hydroxyl groups excluding tert-OH is 1. The Balaban J connectivity index is 0.00000145. The van der Waals surface area contributed by atoms with Crippen molar-refractivity contribution in [1.82, 2.24) is 15.0 Å². The third-order valence-electron chi connectivity index (χ3n) is 3.91. The van der Waals surface area contributed by atoms with Crippen molar-refractivity contribution in [3.05, 3.63) is 59.1 Å².